The summed E-state index contributed by atoms with van der Waals surface area (Å²) in [7, 11) is -3.25. The molecule has 0 spiro atoms. The summed E-state index contributed by atoms with van der Waals surface area (Å²) in [6, 6.07) is 0. The van der Waals surface area contributed by atoms with Gasteiger partial charge in [0.05, 0.1) is 24.3 Å². The zero-order valence-corrected chi connectivity index (χ0v) is 21.2. The number of nitrogens with one attached hydrogen (secondary N) is 1. The van der Waals surface area contributed by atoms with Gasteiger partial charge in [-0.2, -0.15) is 4.31 Å². The molecule has 4 heterocycles. The molecule has 1 aliphatic carbocycles. The van der Waals surface area contributed by atoms with Gasteiger partial charge in [0.15, 0.2) is 0 Å². The predicted molar refractivity (Wildman–Crippen MR) is 130 cm³/mol. The van der Waals surface area contributed by atoms with Crippen LogP contribution in [0, 0.1) is 5.92 Å². The van der Waals surface area contributed by atoms with Crippen molar-refractivity contribution >= 4 is 21.9 Å². The highest BCUT2D eigenvalue weighted by molar-refractivity contribution is 7.89. The van der Waals surface area contributed by atoms with Crippen molar-refractivity contribution in [3.05, 3.63) is 12.4 Å². The van der Waals surface area contributed by atoms with Crippen LogP contribution >= 0.6 is 0 Å². The number of amides is 1. The number of carbonyl (C=O) groups is 1. The minimum absolute atomic E-state index is 0.195. The second kappa shape index (κ2) is 10.1. The Morgan fingerprint density at radius 2 is 1.83 bits per heavy atom. The van der Waals surface area contributed by atoms with E-state index in [0.29, 0.717) is 70.6 Å². The normalized spacial score (nSPS) is 25.5. The van der Waals surface area contributed by atoms with Crippen LogP contribution in [-0.2, 0) is 14.8 Å². The first kappa shape index (κ1) is 24.5. The van der Waals surface area contributed by atoms with Crippen molar-refractivity contribution < 1.29 is 22.7 Å². The van der Waals surface area contributed by atoms with Gasteiger partial charge in [0.1, 0.15) is 11.4 Å². The molecule has 0 bridgehead atoms. The van der Waals surface area contributed by atoms with Crippen molar-refractivity contribution in [2.75, 3.05) is 63.9 Å². The number of carbonyl (C=O) groups excluding carboxylic acids is 1. The fraction of sp³-hybridized carbons (Fsp3) is 0.783. The second-order valence-electron chi connectivity index (χ2n) is 10.3. The van der Waals surface area contributed by atoms with Gasteiger partial charge in [0.25, 0.3) is 0 Å². The van der Waals surface area contributed by atoms with Gasteiger partial charge in [-0.25, -0.2) is 23.2 Å². The molecule has 194 valence electrons. The summed E-state index contributed by atoms with van der Waals surface area (Å²) in [6.07, 6.45) is 7.48. The Labute approximate surface area is 207 Å². The van der Waals surface area contributed by atoms with Gasteiger partial charge in [-0.1, -0.05) is 0 Å². The lowest BCUT2D eigenvalue weighted by molar-refractivity contribution is 0.0454. The lowest BCUT2D eigenvalue weighted by Gasteiger charge is -2.35. The van der Waals surface area contributed by atoms with E-state index in [1.54, 1.807) is 21.6 Å². The van der Waals surface area contributed by atoms with Crippen LogP contribution in [-0.4, -0.2) is 104 Å². The molecule has 1 aromatic rings. The van der Waals surface area contributed by atoms with Gasteiger partial charge < -0.3 is 24.6 Å². The van der Waals surface area contributed by atoms with Gasteiger partial charge in [-0.05, 0) is 51.5 Å². The Balaban J connectivity index is 1.04. The number of sulfonamides is 1. The van der Waals surface area contributed by atoms with Crippen LogP contribution in [0.3, 0.4) is 0 Å². The molecule has 35 heavy (non-hydrogen) atoms. The van der Waals surface area contributed by atoms with Gasteiger partial charge in [-0.3, -0.25) is 0 Å². The fourth-order valence-corrected chi connectivity index (χ4v) is 6.69. The molecule has 11 nitrogen and oxygen atoms in total. The molecule has 1 atom stereocenters. The zero-order valence-electron chi connectivity index (χ0n) is 20.4. The van der Waals surface area contributed by atoms with E-state index in [-0.39, 0.29) is 16.9 Å². The fourth-order valence-electron chi connectivity index (χ4n) is 4.85. The molecule has 3 saturated heterocycles. The minimum atomic E-state index is -3.25. The van der Waals surface area contributed by atoms with Crippen LogP contribution in [0.4, 0.5) is 10.6 Å². The Morgan fingerprint density at radius 3 is 2.43 bits per heavy atom. The molecule has 3 aliphatic heterocycles. The number of aromatic nitrogens is 2. The number of hydrogen-bond donors (Lipinski definition) is 1. The standard InChI is InChI=1S/C23H36N6O5S/c1-23(5-6-23)34-22(30)28-8-3-18(4-9-28)17-33-21-16-25-20(15-26-21)27-10-12-29(13-11-27)35(31,32)19-2-7-24-14-19/h15-16,18-19,24H,2-14,17H2,1H3/t19-/m0/s1. The summed E-state index contributed by atoms with van der Waals surface area (Å²) in [6.45, 7) is 7.32. The average molecular weight is 509 g/mol. The first-order valence-corrected chi connectivity index (χ1v) is 14.2. The van der Waals surface area contributed by atoms with Crippen LogP contribution in [0.25, 0.3) is 0 Å². The quantitative estimate of drug-likeness (QED) is 0.577. The number of likely N-dealkylation sites (tertiary alicyclic amines) is 1. The van der Waals surface area contributed by atoms with E-state index in [9.17, 15) is 13.2 Å². The highest BCUT2D eigenvalue weighted by Crippen LogP contribution is 2.39. The summed E-state index contributed by atoms with van der Waals surface area (Å²) in [5.74, 6) is 1.57. The first-order chi connectivity index (χ1) is 16.8. The number of anilines is 1. The van der Waals surface area contributed by atoms with Crippen LogP contribution in [0.5, 0.6) is 5.88 Å². The molecule has 1 amide bonds. The molecule has 1 saturated carbocycles. The second-order valence-corrected chi connectivity index (χ2v) is 12.5. The summed E-state index contributed by atoms with van der Waals surface area (Å²) < 4.78 is 38.6. The smallest absolute Gasteiger partial charge is 0.410 e. The summed E-state index contributed by atoms with van der Waals surface area (Å²) in [4.78, 5) is 25.0. The summed E-state index contributed by atoms with van der Waals surface area (Å²) in [5, 5.41) is 2.83. The summed E-state index contributed by atoms with van der Waals surface area (Å²) >= 11 is 0. The molecule has 1 N–H and O–H groups in total. The van der Waals surface area contributed by atoms with Gasteiger partial charge in [0, 0.05) is 45.8 Å². The molecule has 12 heteroatoms. The molecular weight excluding hydrogens is 472 g/mol. The minimum Gasteiger partial charge on any atom is -0.476 e. The molecule has 0 aromatic carbocycles. The third kappa shape index (κ3) is 5.80. The number of piperazine rings is 1. The van der Waals surface area contributed by atoms with Crippen molar-refractivity contribution in [2.45, 2.75) is 49.9 Å². The molecule has 5 rings (SSSR count). The van der Waals surface area contributed by atoms with E-state index < -0.39 is 10.0 Å². The van der Waals surface area contributed by atoms with E-state index in [1.165, 1.54) is 0 Å². The van der Waals surface area contributed by atoms with Crippen LogP contribution < -0.4 is 15.0 Å². The van der Waals surface area contributed by atoms with E-state index in [1.807, 2.05) is 6.92 Å². The van der Waals surface area contributed by atoms with Crippen LogP contribution in [0.1, 0.15) is 39.0 Å². The van der Waals surface area contributed by atoms with E-state index in [0.717, 1.165) is 38.0 Å². The average Bonchev–Trinajstić information content (AvgIpc) is 3.33. The lowest BCUT2D eigenvalue weighted by atomic mass is 9.98. The third-order valence-electron chi connectivity index (χ3n) is 7.60. The van der Waals surface area contributed by atoms with Gasteiger partial charge in [-0.15, -0.1) is 0 Å². The maximum Gasteiger partial charge on any atom is 0.410 e. The number of piperidine rings is 1. The molecule has 0 radical (unpaired) electrons. The molecular formula is C23H36N6O5S. The van der Waals surface area contributed by atoms with E-state index in [4.69, 9.17) is 9.47 Å². The van der Waals surface area contributed by atoms with Gasteiger partial charge >= 0.3 is 6.09 Å². The number of ether oxygens (including phenoxy) is 2. The maximum atomic E-state index is 12.8. The Morgan fingerprint density at radius 1 is 1.09 bits per heavy atom. The number of hydrogen-bond acceptors (Lipinski definition) is 9. The summed E-state index contributed by atoms with van der Waals surface area (Å²) in [5.41, 5.74) is -0.236. The van der Waals surface area contributed by atoms with Crippen molar-refractivity contribution in [1.82, 2.24) is 24.5 Å². The first-order valence-electron chi connectivity index (χ1n) is 12.7. The number of rotatable bonds is 7. The molecule has 4 fully saturated rings. The van der Waals surface area contributed by atoms with Gasteiger partial charge in [0.2, 0.25) is 15.9 Å². The van der Waals surface area contributed by atoms with Crippen LogP contribution in [0.2, 0.25) is 0 Å². The highest BCUT2D eigenvalue weighted by Gasteiger charge is 2.43. The molecule has 1 aromatic heterocycles. The highest BCUT2D eigenvalue weighted by atomic mass is 32.2. The monoisotopic (exact) mass is 508 g/mol. The Bertz CT molecular complexity index is 980. The predicted octanol–water partition coefficient (Wildman–Crippen LogP) is 1.07. The number of nitrogens with zero attached hydrogens (tertiary/aromatic N) is 5. The van der Waals surface area contributed by atoms with Crippen LogP contribution in [0.15, 0.2) is 12.4 Å². The van der Waals surface area contributed by atoms with E-state index >= 15 is 0 Å². The largest absolute Gasteiger partial charge is 0.476 e. The third-order valence-corrected chi connectivity index (χ3v) is 9.93. The van der Waals surface area contributed by atoms with E-state index in [2.05, 4.69) is 20.2 Å². The lowest BCUT2D eigenvalue weighted by Crippen LogP contribution is -2.51. The van der Waals surface area contributed by atoms with Crippen molar-refractivity contribution in [2.24, 2.45) is 5.92 Å². The van der Waals surface area contributed by atoms with Crippen molar-refractivity contribution in [3.63, 3.8) is 0 Å². The Kier molecular flexibility index (Phi) is 7.04. The van der Waals surface area contributed by atoms with Crippen molar-refractivity contribution in [3.8, 4) is 5.88 Å². The Hall–Kier alpha value is -2.18. The molecule has 0 unspecified atom stereocenters. The van der Waals surface area contributed by atoms with Crippen molar-refractivity contribution in [1.29, 1.82) is 0 Å². The topological polar surface area (TPSA) is 117 Å². The zero-order chi connectivity index (χ0) is 24.5. The molecule has 4 aliphatic rings. The maximum absolute atomic E-state index is 12.8. The SMILES string of the molecule is CC1(OC(=O)N2CCC(COc3cnc(N4CCN(S(=O)(=O)[C@H]5CCNC5)CC4)cn3)CC2)CC1.